The maximum absolute atomic E-state index is 12.0. The van der Waals surface area contributed by atoms with Crippen molar-refractivity contribution in [1.82, 2.24) is 4.72 Å². The van der Waals surface area contributed by atoms with Crippen molar-refractivity contribution in [2.75, 3.05) is 20.3 Å². The lowest BCUT2D eigenvalue weighted by Crippen LogP contribution is -2.43. The van der Waals surface area contributed by atoms with Gasteiger partial charge in [-0.05, 0) is 31.5 Å². The van der Waals surface area contributed by atoms with Gasteiger partial charge in [0.1, 0.15) is 0 Å². The van der Waals surface area contributed by atoms with Crippen LogP contribution in [0.25, 0.3) is 0 Å². The molecule has 0 aromatic heterocycles. The first-order valence-corrected chi connectivity index (χ1v) is 8.20. The van der Waals surface area contributed by atoms with E-state index in [1.807, 2.05) is 24.3 Å². The fraction of sp³-hybridized carbons (Fsp3) is 0.538. The zero-order valence-electron chi connectivity index (χ0n) is 10.8. The summed E-state index contributed by atoms with van der Waals surface area (Å²) >= 11 is 6.13. The molecule has 1 aliphatic heterocycles. The number of benzene rings is 1. The van der Waals surface area contributed by atoms with Crippen molar-refractivity contribution in [2.45, 2.75) is 18.1 Å². The topological polar surface area (TPSA) is 55.4 Å². The lowest BCUT2D eigenvalue weighted by atomic mass is 9.93. The summed E-state index contributed by atoms with van der Waals surface area (Å²) < 4.78 is 31.9. The zero-order chi connectivity index (χ0) is 13.9. The predicted molar refractivity (Wildman–Crippen MR) is 75.8 cm³/mol. The van der Waals surface area contributed by atoms with Crippen LogP contribution >= 0.6 is 11.6 Å². The van der Waals surface area contributed by atoms with Crippen LogP contribution in [0.15, 0.2) is 24.3 Å². The van der Waals surface area contributed by atoms with Crippen LogP contribution in [-0.2, 0) is 21.2 Å². The summed E-state index contributed by atoms with van der Waals surface area (Å²) in [5.41, 5.74) is 0.968. The van der Waals surface area contributed by atoms with Gasteiger partial charge >= 0.3 is 0 Å². The second kappa shape index (κ2) is 6.22. The van der Waals surface area contributed by atoms with Gasteiger partial charge in [0, 0.05) is 17.5 Å². The summed E-state index contributed by atoms with van der Waals surface area (Å²) in [5, 5.41) is 0.260. The number of nitrogens with one attached hydrogen (secondary N) is 1. The molecule has 1 N–H and O–H groups in total. The Labute approximate surface area is 119 Å². The molecule has 1 saturated heterocycles. The Balaban J connectivity index is 2.19. The van der Waals surface area contributed by atoms with Crippen LogP contribution in [0.4, 0.5) is 0 Å². The average molecular weight is 304 g/mol. The van der Waals surface area contributed by atoms with Crippen molar-refractivity contribution in [1.29, 1.82) is 0 Å². The Bertz CT molecular complexity index is 532. The van der Waals surface area contributed by atoms with E-state index in [0.717, 1.165) is 5.56 Å². The van der Waals surface area contributed by atoms with Crippen LogP contribution in [0.5, 0.6) is 0 Å². The lowest BCUT2D eigenvalue weighted by Gasteiger charge is -2.31. The third-order valence-electron chi connectivity index (χ3n) is 3.53. The third kappa shape index (κ3) is 3.48. The second-order valence-electron chi connectivity index (χ2n) is 4.71. The predicted octanol–water partition coefficient (Wildman–Crippen LogP) is 1.84. The van der Waals surface area contributed by atoms with Gasteiger partial charge in [-0.3, -0.25) is 0 Å². The highest BCUT2D eigenvalue weighted by Gasteiger charge is 2.35. The normalized spacial score (nSPS) is 24.3. The van der Waals surface area contributed by atoms with Gasteiger partial charge in [0.15, 0.2) is 0 Å². The van der Waals surface area contributed by atoms with Gasteiger partial charge in [0.05, 0.1) is 11.9 Å². The number of hydrogen-bond donors (Lipinski definition) is 1. The molecule has 0 radical (unpaired) electrons. The molecule has 1 heterocycles. The first-order chi connectivity index (χ1) is 9.04. The maximum Gasteiger partial charge on any atom is 0.214 e. The van der Waals surface area contributed by atoms with Crippen LogP contribution in [0.3, 0.4) is 0 Å². The summed E-state index contributed by atoms with van der Waals surface area (Å²) in [6, 6.07) is 7.53. The molecule has 1 aromatic rings. The number of ether oxygens (including phenoxy) is 1. The fourth-order valence-corrected chi connectivity index (χ4v) is 4.08. The molecule has 106 valence electrons. The fourth-order valence-electron chi connectivity index (χ4n) is 2.47. The smallest absolute Gasteiger partial charge is 0.214 e. The largest absolute Gasteiger partial charge is 0.381 e. The Morgan fingerprint density at radius 3 is 2.84 bits per heavy atom. The molecular weight excluding hydrogens is 286 g/mol. The number of sulfonamides is 1. The first kappa shape index (κ1) is 14.8. The van der Waals surface area contributed by atoms with E-state index < -0.39 is 15.3 Å². The Kier molecular flexibility index (Phi) is 4.84. The molecule has 0 spiro atoms. The van der Waals surface area contributed by atoms with Crippen molar-refractivity contribution >= 4 is 21.6 Å². The highest BCUT2D eigenvalue weighted by molar-refractivity contribution is 7.90. The minimum atomic E-state index is -3.28. The van der Waals surface area contributed by atoms with E-state index in [9.17, 15) is 8.42 Å². The van der Waals surface area contributed by atoms with E-state index in [0.29, 0.717) is 31.1 Å². The Morgan fingerprint density at radius 1 is 1.42 bits per heavy atom. The minimum Gasteiger partial charge on any atom is -0.381 e. The third-order valence-corrected chi connectivity index (χ3v) is 5.88. The molecular formula is C13H18ClNO3S. The highest BCUT2D eigenvalue weighted by atomic mass is 35.5. The molecule has 1 aliphatic rings. The zero-order valence-corrected chi connectivity index (χ0v) is 12.4. The number of hydrogen-bond acceptors (Lipinski definition) is 3. The molecule has 6 heteroatoms. The number of rotatable bonds is 4. The molecule has 0 amide bonds. The van der Waals surface area contributed by atoms with Gasteiger partial charge in [-0.1, -0.05) is 29.8 Å². The average Bonchev–Trinajstić information content (AvgIpc) is 2.42. The molecule has 0 unspecified atom stereocenters. The summed E-state index contributed by atoms with van der Waals surface area (Å²) in [6.07, 6.45) is 1.14. The molecule has 2 atom stereocenters. The number of halogens is 1. The van der Waals surface area contributed by atoms with Crippen LogP contribution in [0.1, 0.15) is 12.0 Å². The first-order valence-electron chi connectivity index (χ1n) is 6.28. The van der Waals surface area contributed by atoms with Crippen molar-refractivity contribution in [2.24, 2.45) is 5.92 Å². The van der Waals surface area contributed by atoms with Gasteiger partial charge in [0.2, 0.25) is 10.0 Å². The van der Waals surface area contributed by atoms with Crippen LogP contribution in [0, 0.1) is 5.92 Å². The van der Waals surface area contributed by atoms with Crippen molar-refractivity contribution < 1.29 is 13.2 Å². The lowest BCUT2D eigenvalue weighted by molar-refractivity contribution is 0.0571. The summed E-state index contributed by atoms with van der Waals surface area (Å²) in [7, 11) is -1.82. The van der Waals surface area contributed by atoms with Gasteiger partial charge in [-0.2, -0.15) is 0 Å². The van der Waals surface area contributed by atoms with Crippen molar-refractivity contribution in [3.63, 3.8) is 0 Å². The van der Waals surface area contributed by atoms with E-state index >= 15 is 0 Å². The minimum absolute atomic E-state index is 0.0638. The maximum atomic E-state index is 12.0. The summed E-state index contributed by atoms with van der Waals surface area (Å²) in [6.45, 7) is 0.946. The van der Waals surface area contributed by atoms with E-state index in [4.69, 9.17) is 16.3 Å². The second-order valence-corrected chi connectivity index (χ2v) is 7.22. The molecule has 4 nitrogen and oxygen atoms in total. The molecule has 19 heavy (non-hydrogen) atoms. The summed E-state index contributed by atoms with van der Waals surface area (Å²) in [5.74, 6) is -0.0638. The van der Waals surface area contributed by atoms with E-state index in [2.05, 4.69) is 4.72 Å². The standard InChI is InChI=1S/C13H18ClNO3S/c1-15-19(16,17)13-6-7-18-9-11(13)8-10-4-2-3-5-12(10)14/h2-5,11,13,15H,6-9H2,1H3/t11-,13-/m0/s1. The highest BCUT2D eigenvalue weighted by Crippen LogP contribution is 2.27. The van der Waals surface area contributed by atoms with E-state index in [1.165, 1.54) is 7.05 Å². The van der Waals surface area contributed by atoms with Gasteiger partial charge in [0.25, 0.3) is 0 Å². The molecule has 1 fully saturated rings. The monoisotopic (exact) mass is 303 g/mol. The SMILES string of the molecule is CNS(=O)(=O)[C@H]1CCOC[C@@H]1Cc1ccccc1Cl. The van der Waals surface area contributed by atoms with E-state index in [1.54, 1.807) is 0 Å². The quantitative estimate of drug-likeness (QED) is 0.923. The van der Waals surface area contributed by atoms with Crippen molar-refractivity contribution in [3.05, 3.63) is 34.9 Å². The Hall–Kier alpha value is -0.620. The molecule has 0 saturated carbocycles. The molecule has 1 aromatic carbocycles. The molecule has 2 rings (SSSR count). The summed E-state index contributed by atoms with van der Waals surface area (Å²) in [4.78, 5) is 0. The van der Waals surface area contributed by atoms with E-state index in [-0.39, 0.29) is 5.92 Å². The molecule has 0 aliphatic carbocycles. The van der Waals surface area contributed by atoms with Gasteiger partial charge < -0.3 is 4.74 Å². The van der Waals surface area contributed by atoms with Crippen molar-refractivity contribution in [3.8, 4) is 0 Å². The van der Waals surface area contributed by atoms with Crippen LogP contribution in [0.2, 0.25) is 5.02 Å². The van der Waals surface area contributed by atoms with Gasteiger partial charge in [-0.25, -0.2) is 13.1 Å². The molecule has 0 bridgehead atoms. The van der Waals surface area contributed by atoms with Crippen LogP contribution in [-0.4, -0.2) is 33.9 Å². The van der Waals surface area contributed by atoms with Gasteiger partial charge in [-0.15, -0.1) is 0 Å². The Morgan fingerprint density at radius 2 is 2.16 bits per heavy atom. The van der Waals surface area contributed by atoms with Crippen LogP contribution < -0.4 is 4.72 Å².